The number of hydrogen-bond donors (Lipinski definition) is 4. The summed E-state index contributed by atoms with van der Waals surface area (Å²) in [6.07, 6.45) is 4.42. The number of thioether (sulfide) groups is 1. The third kappa shape index (κ3) is 6.37. The predicted octanol–water partition coefficient (Wildman–Crippen LogP) is -0.687. The van der Waals surface area contributed by atoms with Gasteiger partial charge in [-0.05, 0) is 51.0 Å². The first-order valence-corrected chi connectivity index (χ1v) is 16.2. The monoisotopic (exact) mass is 691 g/mol. The molecule has 16 nitrogen and oxygen atoms in total. The smallest absolute Gasteiger partial charge is 0.350 e. The first-order valence-electron chi connectivity index (χ1n) is 13.9. The van der Waals surface area contributed by atoms with Crippen molar-refractivity contribution in [3.05, 3.63) is 46.0 Å². The number of aromatic nitrogens is 4. The van der Waals surface area contributed by atoms with Gasteiger partial charge in [0, 0.05) is 17.9 Å². The van der Waals surface area contributed by atoms with Crippen LogP contribution in [0.15, 0.2) is 41.1 Å². The van der Waals surface area contributed by atoms with Crippen LogP contribution in [0.4, 0.5) is 5.13 Å². The number of oxime groups is 1. The first-order chi connectivity index (χ1) is 21.8. The Hall–Kier alpha value is -4.26. The Bertz CT molecular complexity index is 1790. The van der Waals surface area contributed by atoms with Crippen molar-refractivity contribution in [3.63, 3.8) is 0 Å². The highest BCUT2D eigenvalue weighted by Crippen LogP contribution is 2.40. The zero-order chi connectivity index (χ0) is 33.3. The van der Waals surface area contributed by atoms with E-state index in [4.69, 9.17) is 22.2 Å². The highest BCUT2D eigenvalue weighted by molar-refractivity contribution is 8.00. The minimum absolute atomic E-state index is 0.0112. The summed E-state index contributed by atoms with van der Waals surface area (Å²) in [6, 6.07) is 2.63. The van der Waals surface area contributed by atoms with Crippen molar-refractivity contribution in [2.45, 2.75) is 50.4 Å². The number of carbonyl (C=O) groups is 4. The molecule has 2 aliphatic rings. The maximum Gasteiger partial charge on any atom is 0.350 e. The maximum atomic E-state index is 13.4. The second-order valence-electron chi connectivity index (χ2n) is 10.9. The number of amides is 2. The molecule has 19 heteroatoms. The standard InChI is InChI=1S/C27H30ClN9O7S2/c1-27(2,25(42)43)44-34-16(15-19(28)46-26(29)33-15)21(38)32-17-22(39)37-18(24(40)41)13(11-45-23(17)37)10-35-8-4-6-14-20(35)31-12-36(14)9-5-7-30-3/h4,6,8,12,17,23,30H,5,7,9-11H2,1-3H3,(H4-,29,32,33,38,40,41,42,43)/b34-16-. The number of nitrogens with two attached hydrogens (primary N) is 1. The number of aryl methyl sites for hydroxylation is 1. The normalized spacial score (nSPS) is 18.4. The Morgan fingerprint density at radius 3 is 2.78 bits per heavy atom. The molecule has 5 heterocycles. The SMILES string of the molecule is CNCCCn1cnc2c1ccc[n+]2CC1=C(C(=O)[O-])N2C(=O)C(NC(=O)/C(=N\OC(C)(C)C(=O)O)c3nc(N)sc3Cl)C2SC1. The van der Waals surface area contributed by atoms with Crippen LogP contribution in [0.1, 0.15) is 26.0 Å². The van der Waals surface area contributed by atoms with Crippen LogP contribution < -0.4 is 26.0 Å². The molecule has 0 bridgehead atoms. The molecule has 5 N–H and O–H groups in total. The highest BCUT2D eigenvalue weighted by Gasteiger charge is 2.53. The van der Waals surface area contributed by atoms with Gasteiger partial charge in [-0.2, -0.15) is 0 Å². The molecule has 244 valence electrons. The van der Waals surface area contributed by atoms with Gasteiger partial charge in [0.2, 0.25) is 11.9 Å². The van der Waals surface area contributed by atoms with Gasteiger partial charge in [0.1, 0.15) is 33.5 Å². The number of carboxylic acid groups (broad SMARTS) is 2. The van der Waals surface area contributed by atoms with E-state index in [0.717, 1.165) is 41.3 Å². The molecule has 46 heavy (non-hydrogen) atoms. The van der Waals surface area contributed by atoms with E-state index >= 15 is 0 Å². The van der Waals surface area contributed by atoms with E-state index in [2.05, 4.69) is 25.8 Å². The molecule has 0 saturated carbocycles. The van der Waals surface area contributed by atoms with Crippen molar-refractivity contribution < 1.29 is 38.8 Å². The lowest BCUT2D eigenvalue weighted by Gasteiger charge is -2.50. The number of hydrogen-bond acceptors (Lipinski definition) is 13. The number of halogens is 1. The van der Waals surface area contributed by atoms with E-state index in [9.17, 15) is 29.4 Å². The summed E-state index contributed by atoms with van der Waals surface area (Å²) < 4.78 is 3.82. The van der Waals surface area contributed by atoms with Crippen LogP contribution in [0.25, 0.3) is 11.2 Å². The number of carboxylic acids is 2. The van der Waals surface area contributed by atoms with E-state index in [1.165, 1.54) is 25.6 Å². The van der Waals surface area contributed by atoms with E-state index in [0.29, 0.717) is 11.2 Å². The van der Waals surface area contributed by atoms with Crippen LogP contribution in [0.5, 0.6) is 0 Å². The zero-order valence-electron chi connectivity index (χ0n) is 24.9. The van der Waals surface area contributed by atoms with Gasteiger partial charge >= 0.3 is 11.6 Å². The number of nitrogens with zero attached hydrogens (tertiary/aromatic N) is 6. The minimum atomic E-state index is -1.82. The molecule has 2 amide bonds. The average Bonchev–Trinajstić information content (AvgIpc) is 3.57. The van der Waals surface area contributed by atoms with Gasteiger partial charge in [-0.25, -0.2) is 14.3 Å². The summed E-state index contributed by atoms with van der Waals surface area (Å²) in [6.45, 7) is 4.18. The number of carbonyl (C=O) groups excluding carboxylic acids is 3. The van der Waals surface area contributed by atoms with Gasteiger partial charge < -0.3 is 40.8 Å². The molecule has 1 fully saturated rings. The molecule has 2 unspecified atom stereocenters. The molecule has 2 atom stereocenters. The number of thiazole rings is 1. The molecular weight excluding hydrogens is 662 g/mol. The molecule has 3 aromatic rings. The van der Waals surface area contributed by atoms with Crippen LogP contribution >= 0.6 is 34.7 Å². The summed E-state index contributed by atoms with van der Waals surface area (Å²) >= 11 is 8.31. The molecule has 5 rings (SSSR count). The van der Waals surface area contributed by atoms with Gasteiger partial charge in [0.05, 0.1) is 17.9 Å². The number of aliphatic carboxylic acids is 2. The van der Waals surface area contributed by atoms with E-state index in [-0.39, 0.29) is 33.2 Å². The molecule has 0 aromatic carbocycles. The Morgan fingerprint density at radius 2 is 2.13 bits per heavy atom. The van der Waals surface area contributed by atoms with Crippen LogP contribution in [0.3, 0.4) is 0 Å². The van der Waals surface area contributed by atoms with Gasteiger partial charge in [0.15, 0.2) is 10.8 Å². The van der Waals surface area contributed by atoms with Crippen molar-refractivity contribution in [1.29, 1.82) is 0 Å². The Balaban J connectivity index is 1.37. The van der Waals surface area contributed by atoms with Gasteiger partial charge in [-0.3, -0.25) is 14.5 Å². The van der Waals surface area contributed by atoms with Crippen molar-refractivity contribution in [3.8, 4) is 0 Å². The average molecular weight is 692 g/mol. The summed E-state index contributed by atoms with van der Waals surface area (Å²) in [5.74, 6) is -4.30. The van der Waals surface area contributed by atoms with E-state index in [1.807, 2.05) is 28.3 Å². The van der Waals surface area contributed by atoms with Crippen LogP contribution in [0.2, 0.25) is 4.34 Å². The van der Waals surface area contributed by atoms with Crippen LogP contribution in [0, 0.1) is 0 Å². The predicted molar refractivity (Wildman–Crippen MR) is 166 cm³/mol. The second-order valence-corrected chi connectivity index (χ2v) is 13.6. The van der Waals surface area contributed by atoms with Crippen molar-refractivity contribution in [1.82, 2.24) is 30.1 Å². The Morgan fingerprint density at radius 1 is 1.37 bits per heavy atom. The lowest BCUT2D eigenvalue weighted by molar-refractivity contribution is -0.664. The molecule has 2 aliphatic heterocycles. The number of rotatable bonds is 13. The fourth-order valence-corrected chi connectivity index (χ4v) is 7.14. The van der Waals surface area contributed by atoms with Gasteiger partial charge in [-0.15, -0.1) is 11.8 Å². The summed E-state index contributed by atoms with van der Waals surface area (Å²) in [4.78, 5) is 65.4. The molecule has 0 aliphatic carbocycles. The zero-order valence-corrected chi connectivity index (χ0v) is 27.2. The number of pyridine rings is 1. The molecule has 1 saturated heterocycles. The molecule has 0 radical (unpaired) electrons. The summed E-state index contributed by atoms with van der Waals surface area (Å²) in [5, 5.41) is 30.4. The third-order valence-electron chi connectivity index (χ3n) is 7.29. The minimum Gasteiger partial charge on any atom is -0.543 e. The number of nitrogens with one attached hydrogen (secondary N) is 2. The van der Waals surface area contributed by atoms with Crippen molar-refractivity contribution in [2.24, 2.45) is 5.16 Å². The van der Waals surface area contributed by atoms with Crippen molar-refractivity contribution in [2.75, 3.05) is 25.1 Å². The topological polar surface area (TPSA) is 221 Å². The highest BCUT2D eigenvalue weighted by atomic mass is 35.5. The number of imidazole rings is 1. The van der Waals surface area contributed by atoms with Gasteiger partial charge in [-0.1, -0.05) is 28.1 Å². The Kier molecular flexibility index (Phi) is 9.52. The molecule has 0 spiro atoms. The quantitative estimate of drug-likeness (QED) is 0.0575. The Labute approximate surface area is 275 Å². The molecule has 3 aromatic heterocycles. The fourth-order valence-electron chi connectivity index (χ4n) is 4.88. The number of β-lactam (4-membered cyclic amide) rings is 1. The largest absolute Gasteiger partial charge is 0.543 e. The lowest BCUT2D eigenvalue weighted by Crippen LogP contribution is -2.71. The van der Waals surface area contributed by atoms with E-state index in [1.54, 1.807) is 12.5 Å². The first kappa shape index (κ1) is 33.1. The second kappa shape index (κ2) is 13.2. The summed E-state index contributed by atoms with van der Waals surface area (Å²) in [7, 11) is 1.88. The number of anilines is 1. The van der Waals surface area contributed by atoms with Gasteiger partial charge in [0.25, 0.3) is 11.8 Å². The van der Waals surface area contributed by atoms with Crippen LogP contribution in [-0.4, -0.2) is 90.4 Å². The lowest BCUT2D eigenvalue weighted by atomic mass is 10.0. The number of nitrogen functional groups attached to an aromatic ring is 1. The van der Waals surface area contributed by atoms with E-state index < -0.39 is 46.5 Å². The summed E-state index contributed by atoms with van der Waals surface area (Å²) in [5.41, 5.74) is 4.94. The fraction of sp³-hybridized carbons (Fsp3) is 0.407. The van der Waals surface area contributed by atoms with Crippen LogP contribution in [-0.2, 0) is 37.1 Å². The number of fused-ring (bicyclic) bond motifs is 2. The third-order valence-corrected chi connectivity index (χ3v) is 9.71. The molecular formula is C27H30ClN9O7S2. The van der Waals surface area contributed by atoms with Crippen molar-refractivity contribution >= 4 is 80.5 Å². The maximum absolute atomic E-state index is 13.4.